The van der Waals surface area contributed by atoms with E-state index >= 15 is 0 Å². The van der Waals surface area contributed by atoms with Crippen molar-refractivity contribution in [3.63, 3.8) is 0 Å². The van der Waals surface area contributed by atoms with Gasteiger partial charge in [0.15, 0.2) is 11.5 Å². The van der Waals surface area contributed by atoms with Gasteiger partial charge in [-0.1, -0.05) is 26.0 Å². The number of nitrogens with one attached hydrogen (secondary N) is 1. The van der Waals surface area contributed by atoms with Crippen molar-refractivity contribution in [3.05, 3.63) is 30.2 Å². The van der Waals surface area contributed by atoms with Crippen LogP contribution in [0.2, 0.25) is 0 Å². The molecule has 0 bridgehead atoms. The summed E-state index contributed by atoms with van der Waals surface area (Å²) >= 11 is 0. The van der Waals surface area contributed by atoms with Crippen molar-refractivity contribution in [2.24, 2.45) is 5.92 Å². The Morgan fingerprint density at radius 1 is 1.35 bits per heavy atom. The number of carbonyl (C=O) groups is 1. The number of hydrogen-bond donors (Lipinski definition) is 1. The third-order valence-electron chi connectivity index (χ3n) is 4.32. The average Bonchev–Trinajstić information content (AvgIpc) is 2.97. The van der Waals surface area contributed by atoms with E-state index in [2.05, 4.69) is 29.0 Å². The highest BCUT2D eigenvalue weighted by Gasteiger charge is 2.25. The Morgan fingerprint density at radius 3 is 2.78 bits per heavy atom. The summed E-state index contributed by atoms with van der Waals surface area (Å²) in [6.45, 7) is 7.28. The zero-order chi connectivity index (χ0) is 16.2. The summed E-state index contributed by atoms with van der Waals surface area (Å²) in [5.74, 6) is 1.82. The molecule has 2 aromatic rings. The Hall–Kier alpha value is -1.88. The Labute approximate surface area is 137 Å². The number of hydrogen-bond acceptors (Lipinski definition) is 4. The van der Waals surface area contributed by atoms with Crippen LogP contribution in [-0.2, 0) is 4.79 Å². The number of aromatic nitrogens is 1. The highest BCUT2D eigenvalue weighted by Crippen LogP contribution is 2.29. The summed E-state index contributed by atoms with van der Waals surface area (Å²) in [6, 6.07) is 7.89. The minimum absolute atomic E-state index is 0.124. The van der Waals surface area contributed by atoms with Crippen LogP contribution < -0.4 is 5.32 Å². The molecule has 1 amide bonds. The fraction of sp³-hybridized carbons (Fsp3) is 0.556. The van der Waals surface area contributed by atoms with Crippen LogP contribution >= 0.6 is 0 Å². The van der Waals surface area contributed by atoms with Crippen molar-refractivity contribution in [2.75, 3.05) is 26.2 Å². The van der Waals surface area contributed by atoms with Gasteiger partial charge in [-0.05, 0) is 44.0 Å². The van der Waals surface area contributed by atoms with Crippen LogP contribution in [0.1, 0.15) is 38.5 Å². The van der Waals surface area contributed by atoms with E-state index in [1.807, 2.05) is 24.3 Å². The number of piperidine rings is 1. The normalized spacial score (nSPS) is 17.0. The Balaban J connectivity index is 1.51. The largest absolute Gasteiger partial charge is 0.440 e. The second-order valence-corrected chi connectivity index (χ2v) is 6.77. The van der Waals surface area contributed by atoms with Gasteiger partial charge >= 0.3 is 0 Å². The van der Waals surface area contributed by atoms with Gasteiger partial charge in [0.2, 0.25) is 5.91 Å². The number of rotatable bonds is 5. The molecule has 5 nitrogen and oxygen atoms in total. The van der Waals surface area contributed by atoms with E-state index in [0.29, 0.717) is 18.4 Å². The molecule has 1 aliphatic rings. The van der Waals surface area contributed by atoms with Crippen LogP contribution in [0.5, 0.6) is 0 Å². The maximum Gasteiger partial charge on any atom is 0.234 e. The lowest BCUT2D eigenvalue weighted by Gasteiger charge is -2.30. The van der Waals surface area contributed by atoms with Crippen molar-refractivity contribution in [1.29, 1.82) is 0 Å². The zero-order valence-electron chi connectivity index (χ0n) is 13.9. The van der Waals surface area contributed by atoms with Crippen LogP contribution in [0.25, 0.3) is 11.1 Å². The molecule has 1 N–H and O–H groups in total. The number of para-hydroxylation sites is 2. The van der Waals surface area contributed by atoms with E-state index in [1.54, 1.807) is 0 Å². The first-order valence-electron chi connectivity index (χ1n) is 8.46. The quantitative estimate of drug-likeness (QED) is 0.922. The number of oxazole rings is 1. The number of nitrogens with zero attached hydrogens (tertiary/aromatic N) is 2. The summed E-state index contributed by atoms with van der Waals surface area (Å²) in [5.41, 5.74) is 1.79. The second-order valence-electron chi connectivity index (χ2n) is 6.77. The molecule has 124 valence electrons. The van der Waals surface area contributed by atoms with Crippen molar-refractivity contribution >= 4 is 17.0 Å². The molecular formula is C18H25N3O2. The van der Waals surface area contributed by atoms with Crippen LogP contribution in [0.4, 0.5) is 0 Å². The van der Waals surface area contributed by atoms with Gasteiger partial charge in [0.05, 0.1) is 6.54 Å². The lowest BCUT2D eigenvalue weighted by molar-refractivity contribution is -0.122. The first-order chi connectivity index (χ1) is 11.1. The van der Waals surface area contributed by atoms with E-state index in [1.165, 1.54) is 0 Å². The third kappa shape index (κ3) is 4.10. The molecule has 0 saturated carbocycles. The Morgan fingerprint density at radius 2 is 2.09 bits per heavy atom. The van der Waals surface area contributed by atoms with E-state index in [-0.39, 0.29) is 5.91 Å². The lowest BCUT2D eigenvalue weighted by atomic mass is 9.97. The highest BCUT2D eigenvalue weighted by molar-refractivity contribution is 5.78. The van der Waals surface area contributed by atoms with Gasteiger partial charge in [-0.3, -0.25) is 9.69 Å². The fourth-order valence-electron chi connectivity index (χ4n) is 2.98. The SMILES string of the molecule is CC(C)CNC(=O)CN1CCC(c2nc3ccccc3o2)CC1. The maximum atomic E-state index is 11.9. The fourth-order valence-corrected chi connectivity index (χ4v) is 2.98. The zero-order valence-corrected chi connectivity index (χ0v) is 13.9. The molecule has 1 fully saturated rings. The molecule has 1 aliphatic heterocycles. The molecular weight excluding hydrogens is 290 g/mol. The maximum absolute atomic E-state index is 11.9. The van der Waals surface area contributed by atoms with Gasteiger partial charge in [0.25, 0.3) is 0 Å². The molecule has 1 aromatic heterocycles. The standard InChI is InChI=1S/C18H25N3O2/c1-13(2)11-19-17(22)12-21-9-7-14(8-10-21)18-20-15-5-3-4-6-16(15)23-18/h3-6,13-14H,7-12H2,1-2H3,(H,19,22). The molecule has 1 aromatic carbocycles. The first kappa shape index (κ1) is 16.0. The van der Waals surface area contributed by atoms with Crippen molar-refractivity contribution in [1.82, 2.24) is 15.2 Å². The Bertz CT molecular complexity index is 624. The van der Waals surface area contributed by atoms with Crippen molar-refractivity contribution < 1.29 is 9.21 Å². The Kier molecular flexibility index (Phi) is 4.96. The van der Waals surface area contributed by atoms with E-state index in [9.17, 15) is 4.79 Å². The monoisotopic (exact) mass is 315 g/mol. The molecule has 5 heteroatoms. The van der Waals surface area contributed by atoms with Gasteiger partial charge in [-0.2, -0.15) is 0 Å². The molecule has 23 heavy (non-hydrogen) atoms. The van der Waals surface area contributed by atoms with Gasteiger partial charge in [-0.25, -0.2) is 4.98 Å². The average molecular weight is 315 g/mol. The number of benzene rings is 1. The number of amides is 1. The molecule has 0 atom stereocenters. The number of fused-ring (bicyclic) bond motifs is 1. The van der Waals surface area contributed by atoms with Crippen LogP contribution in [0.3, 0.4) is 0 Å². The van der Waals surface area contributed by atoms with Crippen LogP contribution in [0.15, 0.2) is 28.7 Å². The molecule has 3 rings (SSSR count). The highest BCUT2D eigenvalue weighted by atomic mass is 16.3. The summed E-state index contributed by atoms with van der Waals surface area (Å²) in [5, 5.41) is 2.98. The smallest absolute Gasteiger partial charge is 0.234 e. The second kappa shape index (κ2) is 7.13. The van der Waals surface area contributed by atoms with Crippen molar-refractivity contribution in [2.45, 2.75) is 32.6 Å². The van der Waals surface area contributed by atoms with Gasteiger partial charge in [0.1, 0.15) is 5.52 Å². The first-order valence-corrected chi connectivity index (χ1v) is 8.46. The van der Waals surface area contributed by atoms with Gasteiger partial charge < -0.3 is 9.73 Å². The van der Waals surface area contributed by atoms with Gasteiger partial charge in [-0.15, -0.1) is 0 Å². The van der Waals surface area contributed by atoms with E-state index in [4.69, 9.17) is 4.42 Å². The number of likely N-dealkylation sites (tertiary alicyclic amines) is 1. The molecule has 1 saturated heterocycles. The summed E-state index contributed by atoms with van der Waals surface area (Å²) < 4.78 is 5.88. The lowest BCUT2D eigenvalue weighted by Crippen LogP contribution is -2.42. The minimum atomic E-state index is 0.124. The van der Waals surface area contributed by atoms with Crippen molar-refractivity contribution in [3.8, 4) is 0 Å². The van der Waals surface area contributed by atoms with Gasteiger partial charge in [0, 0.05) is 12.5 Å². The molecule has 2 heterocycles. The number of carbonyl (C=O) groups excluding carboxylic acids is 1. The molecule has 0 aliphatic carbocycles. The minimum Gasteiger partial charge on any atom is -0.440 e. The van der Waals surface area contributed by atoms with Crippen LogP contribution in [-0.4, -0.2) is 42.0 Å². The molecule has 0 radical (unpaired) electrons. The molecule has 0 spiro atoms. The van der Waals surface area contributed by atoms with E-state index < -0.39 is 0 Å². The predicted molar refractivity (Wildman–Crippen MR) is 90.3 cm³/mol. The summed E-state index contributed by atoms with van der Waals surface area (Å²) in [7, 11) is 0. The summed E-state index contributed by atoms with van der Waals surface area (Å²) in [6.07, 6.45) is 1.98. The predicted octanol–water partition coefficient (Wildman–Crippen LogP) is 2.78. The summed E-state index contributed by atoms with van der Waals surface area (Å²) in [4.78, 5) is 18.7. The third-order valence-corrected chi connectivity index (χ3v) is 4.32. The topological polar surface area (TPSA) is 58.4 Å². The van der Waals surface area contributed by atoms with E-state index in [0.717, 1.165) is 49.5 Å². The van der Waals surface area contributed by atoms with Crippen LogP contribution in [0, 0.1) is 5.92 Å². The molecule has 0 unspecified atom stereocenters.